The predicted molar refractivity (Wildman–Crippen MR) is 274 cm³/mol. The van der Waals surface area contributed by atoms with E-state index in [4.69, 9.17) is 66.3 Å². The third kappa shape index (κ3) is 41.0. The molecule has 440 valence electrons. The average Bonchev–Trinajstić information content (AvgIpc) is 3.25. The lowest BCUT2D eigenvalue weighted by Gasteiger charge is -2.35. The van der Waals surface area contributed by atoms with Crippen molar-refractivity contribution in [2.24, 2.45) is 22.2 Å². The van der Waals surface area contributed by atoms with Crippen molar-refractivity contribution in [3.63, 3.8) is 0 Å². The van der Waals surface area contributed by atoms with Gasteiger partial charge in [0.05, 0.1) is 235 Å². The largest absolute Gasteiger partial charge is 0.391 e. The molecule has 21 heteroatoms. The zero-order valence-electron chi connectivity index (χ0n) is 47.2. The van der Waals surface area contributed by atoms with Crippen molar-refractivity contribution in [1.29, 1.82) is 0 Å². The van der Waals surface area contributed by atoms with Crippen LogP contribution < -0.4 is 0 Å². The number of ether oxygens (including phenoxy) is 14. The van der Waals surface area contributed by atoms with Crippen LogP contribution in [0.2, 0.25) is 0 Å². The Balaban J connectivity index is 5.78. The van der Waals surface area contributed by atoms with Crippen molar-refractivity contribution in [3.05, 3.63) is 0 Å². The van der Waals surface area contributed by atoms with E-state index in [-0.39, 0.29) is 176 Å². The van der Waals surface area contributed by atoms with Crippen LogP contribution >= 0.6 is 0 Å². The topological polar surface area (TPSA) is 271 Å². The van der Waals surface area contributed by atoms with Crippen LogP contribution in [0.3, 0.4) is 0 Å². The summed E-state index contributed by atoms with van der Waals surface area (Å²) in [4.78, 5) is 0. The molecule has 73 heavy (non-hydrogen) atoms. The molecule has 0 aromatic rings. The minimum absolute atomic E-state index is 0.0735. The Morgan fingerprint density at radius 2 is 0.356 bits per heavy atom. The molecular weight excluding hydrogens is 961 g/mol. The van der Waals surface area contributed by atoms with Crippen LogP contribution in [-0.4, -0.2) is 261 Å². The van der Waals surface area contributed by atoms with Crippen LogP contribution in [0.25, 0.3) is 0 Å². The van der Waals surface area contributed by atoms with Gasteiger partial charge in [-0.2, -0.15) is 0 Å². The Morgan fingerprint density at radius 1 is 0.219 bits per heavy atom. The highest BCUT2D eigenvalue weighted by Crippen LogP contribution is 2.25. The molecule has 0 bridgehead atoms. The Morgan fingerprint density at radius 3 is 0.493 bits per heavy atom. The van der Waals surface area contributed by atoms with Crippen molar-refractivity contribution < 1.29 is 102 Å². The van der Waals surface area contributed by atoms with Gasteiger partial charge < -0.3 is 102 Å². The van der Waals surface area contributed by atoms with Gasteiger partial charge in [0, 0.05) is 6.61 Å². The molecule has 0 radical (unpaired) electrons. The SMILES string of the molecule is CC(C)COCC(COCC(C)O)(COCC(C)O)COCC(C)OC(C)COCC(COCC(C)O)(COCC(C)O)COCC(C)OC(C)COCC(COCC(C)O)(COCC(C)O)COCC(C)O. The molecular formula is C52H106O21. The van der Waals surface area contributed by atoms with Crippen LogP contribution in [0, 0.1) is 22.2 Å². The van der Waals surface area contributed by atoms with E-state index in [1.165, 1.54) is 0 Å². The van der Waals surface area contributed by atoms with Gasteiger partial charge in [-0.05, 0) is 82.1 Å². The van der Waals surface area contributed by atoms with E-state index in [0.717, 1.165) is 0 Å². The van der Waals surface area contributed by atoms with Gasteiger partial charge in [-0.1, -0.05) is 13.8 Å². The van der Waals surface area contributed by atoms with E-state index in [1.807, 2.05) is 27.7 Å². The molecule has 0 heterocycles. The van der Waals surface area contributed by atoms with E-state index >= 15 is 0 Å². The number of hydrogen-bond donors (Lipinski definition) is 7. The maximum Gasteiger partial charge on any atom is 0.0785 e. The third-order valence-electron chi connectivity index (χ3n) is 10.2. The minimum Gasteiger partial charge on any atom is -0.391 e. The van der Waals surface area contributed by atoms with Crippen LogP contribution in [0.15, 0.2) is 0 Å². The van der Waals surface area contributed by atoms with E-state index in [1.54, 1.807) is 48.5 Å². The first-order valence-electron chi connectivity index (χ1n) is 26.3. The highest BCUT2D eigenvalue weighted by molar-refractivity contribution is 4.83. The Labute approximate surface area is 439 Å². The number of rotatable bonds is 52. The molecule has 0 amide bonds. The average molecular weight is 1070 g/mol. The molecule has 0 rings (SSSR count). The lowest BCUT2D eigenvalue weighted by atomic mass is 9.92. The van der Waals surface area contributed by atoms with E-state index < -0.39 is 59.0 Å². The quantitative estimate of drug-likeness (QED) is 0.0459. The highest BCUT2D eigenvalue weighted by atomic mass is 16.6. The van der Waals surface area contributed by atoms with Gasteiger partial charge >= 0.3 is 0 Å². The maximum atomic E-state index is 10.0. The molecule has 0 fully saturated rings. The summed E-state index contributed by atoms with van der Waals surface area (Å²) in [5.74, 6) is 0.308. The minimum atomic E-state index is -0.857. The first kappa shape index (κ1) is 72.2. The molecule has 0 aliphatic rings. The first-order valence-corrected chi connectivity index (χ1v) is 26.3. The van der Waals surface area contributed by atoms with Gasteiger partial charge in [-0.3, -0.25) is 0 Å². The predicted octanol–water partition coefficient (Wildman–Crippen LogP) is 2.05. The lowest BCUT2D eigenvalue weighted by Crippen LogP contribution is -2.44. The van der Waals surface area contributed by atoms with Crippen LogP contribution in [0.5, 0.6) is 0 Å². The van der Waals surface area contributed by atoms with Gasteiger partial charge in [-0.15, -0.1) is 0 Å². The van der Waals surface area contributed by atoms with Crippen LogP contribution in [0.4, 0.5) is 0 Å². The van der Waals surface area contributed by atoms with Gasteiger partial charge in [0.25, 0.3) is 0 Å². The molecule has 11 unspecified atom stereocenters. The smallest absolute Gasteiger partial charge is 0.0785 e. The van der Waals surface area contributed by atoms with Crippen molar-refractivity contribution in [3.8, 4) is 0 Å². The van der Waals surface area contributed by atoms with Gasteiger partial charge in [0.15, 0.2) is 0 Å². The zero-order chi connectivity index (χ0) is 55.3. The molecule has 0 aromatic heterocycles. The van der Waals surface area contributed by atoms with Gasteiger partial charge in [-0.25, -0.2) is 0 Å². The third-order valence-corrected chi connectivity index (χ3v) is 10.2. The molecule has 0 aliphatic carbocycles. The summed E-state index contributed by atoms with van der Waals surface area (Å²) in [5, 5.41) is 69.3. The molecule has 0 aromatic carbocycles. The molecule has 0 spiro atoms. The van der Waals surface area contributed by atoms with Crippen LogP contribution in [0.1, 0.15) is 90.0 Å². The zero-order valence-corrected chi connectivity index (χ0v) is 47.2. The summed E-state index contributed by atoms with van der Waals surface area (Å²) in [5.41, 5.74) is -2.38. The number of hydrogen-bond acceptors (Lipinski definition) is 21. The maximum absolute atomic E-state index is 10.0. The Hall–Kier alpha value is -0.840. The van der Waals surface area contributed by atoms with Gasteiger partial charge in [0.1, 0.15) is 0 Å². The van der Waals surface area contributed by atoms with Gasteiger partial charge in [0.2, 0.25) is 0 Å². The monoisotopic (exact) mass is 1070 g/mol. The van der Waals surface area contributed by atoms with E-state index in [9.17, 15) is 35.7 Å². The first-order chi connectivity index (χ1) is 34.3. The summed E-state index contributed by atoms with van der Waals surface area (Å²) in [6.07, 6.45) is -6.23. The number of aliphatic hydroxyl groups excluding tert-OH is 7. The fourth-order valence-corrected chi connectivity index (χ4v) is 7.10. The van der Waals surface area contributed by atoms with E-state index in [2.05, 4.69) is 13.8 Å². The normalized spacial score (nSPS) is 19.5. The Kier molecular flexibility index (Phi) is 41.7. The van der Waals surface area contributed by atoms with E-state index in [0.29, 0.717) is 12.5 Å². The second-order valence-electron chi connectivity index (χ2n) is 21.5. The lowest BCUT2D eigenvalue weighted by molar-refractivity contribution is -0.150. The van der Waals surface area contributed by atoms with Crippen molar-refractivity contribution in [1.82, 2.24) is 0 Å². The summed E-state index contributed by atoms with van der Waals surface area (Å²) in [6, 6.07) is 0. The molecule has 7 N–H and O–H groups in total. The highest BCUT2D eigenvalue weighted by Gasteiger charge is 2.36. The molecule has 11 atom stereocenters. The summed E-state index contributed by atoms with van der Waals surface area (Å²) >= 11 is 0. The van der Waals surface area contributed by atoms with Crippen molar-refractivity contribution >= 4 is 0 Å². The number of aliphatic hydroxyl groups is 7. The molecule has 21 nitrogen and oxygen atoms in total. The fraction of sp³-hybridized carbons (Fsp3) is 1.00. The summed E-state index contributed by atoms with van der Waals surface area (Å²) < 4.78 is 84.6. The molecule has 0 saturated carbocycles. The standard InChI is InChI=1S/C52H106O21/c1-38(2)14-60-26-50(27-61-15-39(3)53,28-62-16-40(4)54)34-68-22-46(10)72-48(12)24-70-36-52(32-66-20-44(8)58,33-67-21-45(9)59)37-71-25-49(13)73-47(11)23-69-35-51(29-63-17-41(5)55,30-64-18-42(6)56)31-65-19-43(7)57/h38-49,53-59H,14-37H2,1-13H3. The van der Waals surface area contributed by atoms with Crippen LogP contribution in [-0.2, 0) is 66.3 Å². The van der Waals surface area contributed by atoms with Crippen molar-refractivity contribution in [2.45, 2.75) is 157 Å². The Bertz CT molecular complexity index is 1080. The second kappa shape index (κ2) is 42.2. The van der Waals surface area contributed by atoms with Crippen molar-refractivity contribution in [2.75, 3.05) is 159 Å². The summed E-state index contributed by atoms with van der Waals surface area (Å²) in [7, 11) is 0. The second-order valence-corrected chi connectivity index (χ2v) is 21.5. The summed E-state index contributed by atoms with van der Waals surface area (Å²) in [6.45, 7) is 27.1. The fourth-order valence-electron chi connectivity index (χ4n) is 7.10. The molecule has 0 saturated heterocycles. The molecule has 0 aliphatic heterocycles.